The topological polar surface area (TPSA) is 110 Å². The zero-order valence-corrected chi connectivity index (χ0v) is 13.7. The number of para-hydroxylation sites is 1. The molecule has 0 radical (unpaired) electrons. The van der Waals surface area contributed by atoms with Gasteiger partial charge >= 0.3 is 6.01 Å². The zero-order valence-electron chi connectivity index (χ0n) is 13.7. The number of anilines is 2. The molecule has 3 aromatic rings. The molecule has 0 fully saturated rings. The van der Waals surface area contributed by atoms with Gasteiger partial charge in [-0.25, -0.2) is 0 Å². The van der Waals surface area contributed by atoms with Crippen molar-refractivity contribution in [3.05, 3.63) is 59.3 Å². The Kier molecular flexibility index (Phi) is 4.60. The number of aryl methyl sites for hydroxylation is 2. The van der Waals surface area contributed by atoms with E-state index >= 15 is 0 Å². The van der Waals surface area contributed by atoms with Gasteiger partial charge in [0.25, 0.3) is 5.91 Å². The Morgan fingerprint density at radius 3 is 2.56 bits per heavy atom. The number of carbonyl (C=O) groups excluding carboxylic acids is 2. The number of rotatable bonds is 5. The molecule has 128 valence electrons. The molecule has 0 saturated carbocycles. The number of nitrogens with zero attached hydrogens (tertiary/aromatic N) is 2. The average molecular weight is 340 g/mol. The number of hydrogen-bond acceptors (Lipinski definition) is 6. The normalized spacial score (nSPS) is 10.5. The van der Waals surface area contributed by atoms with Gasteiger partial charge in [-0.2, -0.15) is 4.98 Å². The Morgan fingerprint density at radius 2 is 1.88 bits per heavy atom. The molecule has 0 unspecified atom stereocenters. The van der Waals surface area contributed by atoms with Crippen LogP contribution < -0.4 is 10.6 Å². The lowest BCUT2D eigenvalue weighted by molar-refractivity contribution is -0.115. The third kappa shape index (κ3) is 3.92. The van der Waals surface area contributed by atoms with Gasteiger partial charge < -0.3 is 14.3 Å². The van der Waals surface area contributed by atoms with E-state index in [0.717, 1.165) is 0 Å². The molecule has 2 heterocycles. The summed E-state index contributed by atoms with van der Waals surface area (Å²) in [6.45, 7) is 3.50. The molecule has 0 atom stereocenters. The van der Waals surface area contributed by atoms with Gasteiger partial charge in [-0.3, -0.25) is 14.9 Å². The number of oxazole rings is 1. The monoisotopic (exact) mass is 340 g/mol. The molecule has 0 aliphatic carbocycles. The average Bonchev–Trinajstić information content (AvgIpc) is 3.18. The van der Waals surface area contributed by atoms with Crippen LogP contribution in [0.4, 0.5) is 11.7 Å². The van der Waals surface area contributed by atoms with Crippen LogP contribution in [0.15, 0.2) is 45.5 Å². The zero-order chi connectivity index (χ0) is 17.8. The van der Waals surface area contributed by atoms with Crippen LogP contribution in [0.3, 0.4) is 0 Å². The summed E-state index contributed by atoms with van der Waals surface area (Å²) in [5, 5.41) is 8.99. The lowest BCUT2D eigenvalue weighted by Gasteiger charge is -2.01. The minimum absolute atomic E-state index is 0.0463. The predicted molar refractivity (Wildman–Crippen MR) is 89.2 cm³/mol. The van der Waals surface area contributed by atoms with Gasteiger partial charge in [0.1, 0.15) is 12.0 Å². The lowest BCUT2D eigenvalue weighted by Crippen LogP contribution is -2.16. The first kappa shape index (κ1) is 16.4. The highest BCUT2D eigenvalue weighted by Crippen LogP contribution is 2.15. The molecule has 8 nitrogen and oxygen atoms in total. The fraction of sp³-hybridized carbons (Fsp3) is 0.176. The molecular formula is C17H16N4O4. The van der Waals surface area contributed by atoms with Crippen molar-refractivity contribution in [3.63, 3.8) is 0 Å². The molecule has 0 bridgehead atoms. The van der Waals surface area contributed by atoms with Gasteiger partial charge in [0.2, 0.25) is 5.91 Å². The smallest absolute Gasteiger partial charge is 0.302 e. The summed E-state index contributed by atoms with van der Waals surface area (Å²) in [6, 6.07) is 8.92. The van der Waals surface area contributed by atoms with Gasteiger partial charge in [-0.05, 0) is 26.0 Å². The number of carbonyl (C=O) groups is 2. The molecule has 1 aromatic carbocycles. The largest absolute Gasteiger partial charge is 0.431 e. The Morgan fingerprint density at radius 1 is 1.12 bits per heavy atom. The van der Waals surface area contributed by atoms with E-state index in [1.165, 1.54) is 6.26 Å². The molecule has 0 spiro atoms. The number of hydrogen-bond donors (Lipinski definition) is 2. The molecule has 8 heteroatoms. The van der Waals surface area contributed by atoms with Crippen LogP contribution in [0.25, 0.3) is 0 Å². The fourth-order valence-corrected chi connectivity index (χ4v) is 2.23. The van der Waals surface area contributed by atoms with E-state index in [-0.39, 0.29) is 24.0 Å². The highest BCUT2D eigenvalue weighted by atomic mass is 16.5. The van der Waals surface area contributed by atoms with Crippen LogP contribution in [0.2, 0.25) is 0 Å². The van der Waals surface area contributed by atoms with Gasteiger partial charge in [0, 0.05) is 11.3 Å². The number of nitrogens with one attached hydrogen (secondary N) is 2. The molecule has 25 heavy (non-hydrogen) atoms. The third-order valence-electron chi connectivity index (χ3n) is 3.53. The van der Waals surface area contributed by atoms with Crippen LogP contribution in [0, 0.1) is 13.8 Å². The van der Waals surface area contributed by atoms with Crippen molar-refractivity contribution < 1.29 is 18.5 Å². The van der Waals surface area contributed by atoms with Crippen molar-refractivity contribution in [1.82, 2.24) is 10.1 Å². The molecule has 2 amide bonds. The van der Waals surface area contributed by atoms with Crippen LogP contribution in [0.5, 0.6) is 0 Å². The number of aromatic nitrogens is 2. The van der Waals surface area contributed by atoms with Crippen molar-refractivity contribution in [2.75, 3.05) is 10.6 Å². The summed E-state index contributed by atoms with van der Waals surface area (Å²) in [5.41, 5.74) is 2.07. The maximum Gasteiger partial charge on any atom is 0.302 e. The number of benzene rings is 1. The van der Waals surface area contributed by atoms with E-state index in [0.29, 0.717) is 22.7 Å². The molecule has 0 saturated heterocycles. The first-order chi connectivity index (χ1) is 12.0. The van der Waals surface area contributed by atoms with E-state index in [2.05, 4.69) is 20.8 Å². The SMILES string of the molecule is Cc1noc(C)c1CC(=O)Nc1nc(C(=O)Nc2ccccc2)co1. The van der Waals surface area contributed by atoms with Gasteiger partial charge in [-0.15, -0.1) is 0 Å². The van der Waals surface area contributed by atoms with Crippen molar-refractivity contribution in [2.45, 2.75) is 20.3 Å². The number of amides is 2. The van der Waals surface area contributed by atoms with Crippen molar-refractivity contribution in [3.8, 4) is 0 Å². The van der Waals surface area contributed by atoms with Crippen LogP contribution >= 0.6 is 0 Å². The van der Waals surface area contributed by atoms with Crippen molar-refractivity contribution in [2.24, 2.45) is 0 Å². The van der Waals surface area contributed by atoms with Gasteiger partial charge in [-0.1, -0.05) is 23.4 Å². The van der Waals surface area contributed by atoms with Gasteiger partial charge in [0.15, 0.2) is 5.69 Å². The van der Waals surface area contributed by atoms with Crippen LogP contribution in [0.1, 0.15) is 27.5 Å². The van der Waals surface area contributed by atoms with E-state index in [4.69, 9.17) is 8.94 Å². The molecule has 3 rings (SSSR count). The summed E-state index contributed by atoms with van der Waals surface area (Å²) in [6.07, 6.45) is 1.26. The molecule has 2 aromatic heterocycles. The summed E-state index contributed by atoms with van der Waals surface area (Å²) >= 11 is 0. The van der Waals surface area contributed by atoms with Gasteiger partial charge in [0.05, 0.1) is 12.1 Å². The second kappa shape index (κ2) is 7.00. The van der Waals surface area contributed by atoms with E-state index < -0.39 is 5.91 Å². The minimum Gasteiger partial charge on any atom is -0.431 e. The molecular weight excluding hydrogens is 324 g/mol. The van der Waals surface area contributed by atoms with Crippen molar-refractivity contribution >= 4 is 23.5 Å². The summed E-state index contributed by atoms with van der Waals surface area (Å²) in [5.74, 6) is -0.185. The Balaban J connectivity index is 1.61. The molecule has 0 aliphatic rings. The first-order valence-electron chi connectivity index (χ1n) is 7.56. The minimum atomic E-state index is -0.429. The predicted octanol–water partition coefficient (Wildman–Crippen LogP) is 2.71. The van der Waals surface area contributed by atoms with E-state index in [9.17, 15) is 9.59 Å². The highest BCUT2D eigenvalue weighted by molar-refractivity contribution is 6.03. The summed E-state index contributed by atoms with van der Waals surface area (Å²) in [4.78, 5) is 28.1. The van der Waals surface area contributed by atoms with E-state index in [1.54, 1.807) is 38.1 Å². The lowest BCUT2D eigenvalue weighted by atomic mass is 10.1. The van der Waals surface area contributed by atoms with Crippen LogP contribution in [-0.4, -0.2) is 22.0 Å². The Hall–Kier alpha value is -3.42. The fourth-order valence-electron chi connectivity index (χ4n) is 2.23. The Bertz CT molecular complexity index is 879. The first-order valence-corrected chi connectivity index (χ1v) is 7.56. The quantitative estimate of drug-likeness (QED) is 0.739. The second-order valence-electron chi connectivity index (χ2n) is 5.39. The third-order valence-corrected chi connectivity index (χ3v) is 3.53. The maximum atomic E-state index is 12.1. The second-order valence-corrected chi connectivity index (χ2v) is 5.39. The summed E-state index contributed by atoms with van der Waals surface area (Å²) in [7, 11) is 0. The summed E-state index contributed by atoms with van der Waals surface area (Å²) < 4.78 is 10.1. The highest BCUT2D eigenvalue weighted by Gasteiger charge is 2.17. The maximum absolute atomic E-state index is 12.1. The molecule has 0 aliphatic heterocycles. The van der Waals surface area contributed by atoms with E-state index in [1.807, 2.05) is 6.07 Å². The Labute approximate surface area is 143 Å². The standard InChI is InChI=1S/C17H16N4O4/c1-10-13(11(2)25-21-10)8-15(22)20-17-19-14(9-24-17)16(23)18-12-6-4-3-5-7-12/h3-7,9H,8H2,1-2H3,(H,18,23)(H,19,20,22). The molecule has 2 N–H and O–H groups in total. The van der Waals surface area contributed by atoms with Crippen molar-refractivity contribution in [1.29, 1.82) is 0 Å². The van der Waals surface area contributed by atoms with Crippen LogP contribution in [-0.2, 0) is 11.2 Å².